The predicted molar refractivity (Wildman–Crippen MR) is 87.2 cm³/mol. The van der Waals surface area contributed by atoms with Crippen molar-refractivity contribution in [2.45, 2.75) is 18.6 Å². The Bertz CT molecular complexity index is 821. The van der Waals surface area contributed by atoms with Gasteiger partial charge in [-0.05, 0) is 30.3 Å². The van der Waals surface area contributed by atoms with Crippen LogP contribution in [0.5, 0.6) is 0 Å². The fourth-order valence-electron chi connectivity index (χ4n) is 2.51. The summed E-state index contributed by atoms with van der Waals surface area (Å²) >= 11 is 0. The van der Waals surface area contributed by atoms with Crippen LogP contribution in [0.4, 0.5) is 30.2 Å². The molecule has 1 aliphatic heterocycles. The molecule has 3 rings (SSSR count). The van der Waals surface area contributed by atoms with E-state index in [0.717, 1.165) is 12.1 Å². The van der Waals surface area contributed by atoms with Crippen LogP contribution in [0, 0.1) is 0 Å². The third-order valence-corrected chi connectivity index (χ3v) is 3.69. The first kappa shape index (κ1) is 16.8. The summed E-state index contributed by atoms with van der Waals surface area (Å²) in [6, 6.07) is 10.6. The fourth-order valence-corrected chi connectivity index (χ4v) is 2.51. The molecule has 5 nitrogen and oxygen atoms in total. The van der Waals surface area contributed by atoms with E-state index in [1.165, 1.54) is 12.1 Å². The number of alkyl halides is 3. The number of rotatable bonds is 3. The van der Waals surface area contributed by atoms with Crippen LogP contribution in [-0.2, 0) is 15.8 Å². The summed E-state index contributed by atoms with van der Waals surface area (Å²) in [5.41, 5.74) is 0.463. The molecule has 3 N–H and O–H groups in total. The Morgan fingerprint density at radius 1 is 1.08 bits per heavy atom. The van der Waals surface area contributed by atoms with Gasteiger partial charge in [0.2, 0.25) is 11.8 Å². The summed E-state index contributed by atoms with van der Waals surface area (Å²) in [5, 5.41) is 8.01. The van der Waals surface area contributed by atoms with Crippen LogP contribution in [0.1, 0.15) is 12.0 Å². The van der Waals surface area contributed by atoms with Crippen molar-refractivity contribution in [3.8, 4) is 0 Å². The van der Waals surface area contributed by atoms with Gasteiger partial charge >= 0.3 is 6.18 Å². The van der Waals surface area contributed by atoms with Gasteiger partial charge in [0.1, 0.15) is 6.04 Å². The number of para-hydroxylation sites is 2. The minimum atomic E-state index is -4.49. The van der Waals surface area contributed by atoms with Crippen molar-refractivity contribution in [3.63, 3.8) is 0 Å². The number of fused-ring (bicyclic) bond motifs is 1. The lowest BCUT2D eigenvalue weighted by Crippen LogP contribution is -2.41. The van der Waals surface area contributed by atoms with Crippen LogP contribution >= 0.6 is 0 Å². The molecule has 1 heterocycles. The van der Waals surface area contributed by atoms with Crippen molar-refractivity contribution in [2.75, 3.05) is 16.0 Å². The maximum atomic E-state index is 12.7. The highest BCUT2D eigenvalue weighted by molar-refractivity contribution is 6.06. The van der Waals surface area contributed by atoms with Crippen LogP contribution < -0.4 is 16.0 Å². The second kappa shape index (κ2) is 6.46. The van der Waals surface area contributed by atoms with Crippen molar-refractivity contribution in [1.82, 2.24) is 0 Å². The first-order chi connectivity index (χ1) is 11.8. The second-order valence-corrected chi connectivity index (χ2v) is 5.56. The Hall–Kier alpha value is -3.03. The summed E-state index contributed by atoms with van der Waals surface area (Å²) in [6.45, 7) is 0. The number of carbonyl (C=O) groups excluding carboxylic acids is 2. The number of halogens is 3. The Morgan fingerprint density at radius 2 is 1.80 bits per heavy atom. The summed E-state index contributed by atoms with van der Waals surface area (Å²) in [6.07, 6.45) is -4.70. The molecule has 0 fully saturated rings. The predicted octanol–water partition coefficient (Wildman–Crippen LogP) is 3.47. The van der Waals surface area contributed by atoms with E-state index >= 15 is 0 Å². The number of carbonyl (C=O) groups is 2. The monoisotopic (exact) mass is 349 g/mol. The first-order valence-electron chi connectivity index (χ1n) is 7.46. The molecule has 0 bridgehead atoms. The van der Waals surface area contributed by atoms with Gasteiger partial charge in [-0.15, -0.1) is 0 Å². The molecule has 2 aromatic carbocycles. The average Bonchev–Trinajstić information content (AvgIpc) is 2.55. The molecule has 130 valence electrons. The van der Waals surface area contributed by atoms with E-state index in [-0.39, 0.29) is 18.0 Å². The van der Waals surface area contributed by atoms with Crippen LogP contribution in [0.3, 0.4) is 0 Å². The summed E-state index contributed by atoms with van der Waals surface area (Å²) < 4.78 is 38.1. The summed E-state index contributed by atoms with van der Waals surface area (Å²) in [4.78, 5) is 24.1. The highest BCUT2D eigenvalue weighted by Crippen LogP contribution is 2.31. The summed E-state index contributed by atoms with van der Waals surface area (Å²) in [5.74, 6) is -0.941. The lowest BCUT2D eigenvalue weighted by atomic mass is 10.1. The molecule has 0 aromatic heterocycles. The molecular formula is C17H14F3N3O2. The zero-order valence-corrected chi connectivity index (χ0v) is 12.9. The minimum Gasteiger partial charge on any atom is -0.372 e. The van der Waals surface area contributed by atoms with Crippen molar-refractivity contribution < 1.29 is 22.8 Å². The average molecular weight is 349 g/mol. The number of anilines is 3. The van der Waals surface area contributed by atoms with Crippen LogP contribution in [0.25, 0.3) is 0 Å². The third-order valence-electron chi connectivity index (χ3n) is 3.69. The van der Waals surface area contributed by atoms with Gasteiger partial charge in [-0.1, -0.05) is 18.2 Å². The Morgan fingerprint density at radius 3 is 2.52 bits per heavy atom. The largest absolute Gasteiger partial charge is 0.416 e. The molecule has 0 radical (unpaired) electrons. The van der Waals surface area contributed by atoms with Crippen molar-refractivity contribution in [3.05, 3.63) is 54.1 Å². The zero-order chi connectivity index (χ0) is 18.0. The standard InChI is InChI=1S/C17H14F3N3O2/c18-17(19,20)10-4-3-5-11(8-10)21-15(24)9-14-16(25)23-13-7-2-1-6-12(13)22-14/h1-8,14,22H,9H2,(H,21,24)(H,23,25)/t14-/m1/s1. The van der Waals surface area contributed by atoms with Gasteiger partial charge in [0, 0.05) is 5.69 Å². The van der Waals surface area contributed by atoms with Gasteiger partial charge < -0.3 is 16.0 Å². The Balaban J connectivity index is 1.66. The van der Waals surface area contributed by atoms with Gasteiger partial charge in [0.05, 0.1) is 23.4 Å². The summed E-state index contributed by atoms with van der Waals surface area (Å²) in [7, 11) is 0. The molecule has 25 heavy (non-hydrogen) atoms. The fraction of sp³-hybridized carbons (Fsp3) is 0.176. The molecular weight excluding hydrogens is 335 g/mol. The lowest BCUT2D eigenvalue weighted by molar-refractivity contribution is -0.137. The molecule has 0 spiro atoms. The molecule has 2 amide bonds. The maximum Gasteiger partial charge on any atom is 0.416 e. The quantitative estimate of drug-likeness (QED) is 0.795. The van der Waals surface area contributed by atoms with Crippen LogP contribution in [0.15, 0.2) is 48.5 Å². The number of hydrogen-bond donors (Lipinski definition) is 3. The molecule has 0 aliphatic carbocycles. The smallest absolute Gasteiger partial charge is 0.372 e. The van der Waals surface area contributed by atoms with Gasteiger partial charge in [-0.2, -0.15) is 13.2 Å². The van der Waals surface area contributed by atoms with E-state index in [0.29, 0.717) is 11.4 Å². The third kappa shape index (κ3) is 3.90. The van der Waals surface area contributed by atoms with Crippen molar-refractivity contribution >= 4 is 28.9 Å². The molecule has 2 aromatic rings. The molecule has 1 aliphatic rings. The zero-order valence-electron chi connectivity index (χ0n) is 12.9. The highest BCUT2D eigenvalue weighted by Gasteiger charge is 2.31. The Labute approximate surface area is 141 Å². The van der Waals surface area contributed by atoms with Crippen LogP contribution in [0.2, 0.25) is 0 Å². The lowest BCUT2D eigenvalue weighted by Gasteiger charge is -2.26. The van der Waals surface area contributed by atoms with E-state index in [9.17, 15) is 22.8 Å². The minimum absolute atomic E-state index is 0.0245. The highest BCUT2D eigenvalue weighted by atomic mass is 19.4. The van der Waals surface area contributed by atoms with Gasteiger partial charge in [-0.25, -0.2) is 0 Å². The number of benzene rings is 2. The van der Waals surface area contributed by atoms with Crippen molar-refractivity contribution in [1.29, 1.82) is 0 Å². The SMILES string of the molecule is O=C(C[C@H]1Nc2ccccc2NC1=O)Nc1cccc(C(F)(F)F)c1. The van der Waals surface area contributed by atoms with Gasteiger partial charge in [0.15, 0.2) is 0 Å². The molecule has 0 saturated carbocycles. The van der Waals surface area contributed by atoms with E-state index in [2.05, 4.69) is 16.0 Å². The number of amides is 2. The van der Waals surface area contributed by atoms with Crippen molar-refractivity contribution in [2.24, 2.45) is 0 Å². The van der Waals surface area contributed by atoms with E-state index in [1.54, 1.807) is 24.3 Å². The molecule has 1 atom stereocenters. The molecule has 0 unspecified atom stereocenters. The number of nitrogens with one attached hydrogen (secondary N) is 3. The molecule has 8 heteroatoms. The van der Waals surface area contributed by atoms with E-state index in [1.807, 2.05) is 0 Å². The maximum absolute atomic E-state index is 12.7. The Kier molecular flexibility index (Phi) is 4.35. The normalized spacial score (nSPS) is 16.4. The second-order valence-electron chi connectivity index (χ2n) is 5.56. The first-order valence-corrected chi connectivity index (χ1v) is 7.46. The van der Waals surface area contributed by atoms with Gasteiger partial charge in [0.25, 0.3) is 0 Å². The van der Waals surface area contributed by atoms with E-state index < -0.39 is 23.7 Å². The van der Waals surface area contributed by atoms with Crippen LogP contribution in [-0.4, -0.2) is 17.9 Å². The van der Waals surface area contributed by atoms with E-state index in [4.69, 9.17) is 0 Å². The van der Waals surface area contributed by atoms with Gasteiger partial charge in [-0.3, -0.25) is 9.59 Å². The molecule has 0 saturated heterocycles. The number of hydrogen-bond acceptors (Lipinski definition) is 3. The topological polar surface area (TPSA) is 70.2 Å².